The SMILES string of the molecule is O=C(O)c1cc(S(=O)Cc2ccc(Br)cn2)ccc1F. The van der Waals surface area contributed by atoms with Gasteiger partial charge in [-0.3, -0.25) is 9.19 Å². The van der Waals surface area contributed by atoms with Gasteiger partial charge in [-0.25, -0.2) is 9.18 Å². The molecule has 0 amide bonds. The second-order valence-corrected chi connectivity index (χ2v) is 6.27. The van der Waals surface area contributed by atoms with Crippen molar-refractivity contribution in [2.45, 2.75) is 10.6 Å². The van der Waals surface area contributed by atoms with E-state index in [4.69, 9.17) is 5.11 Å². The summed E-state index contributed by atoms with van der Waals surface area (Å²) in [6, 6.07) is 6.89. The van der Waals surface area contributed by atoms with Crippen LogP contribution in [0.1, 0.15) is 16.1 Å². The Labute approximate surface area is 125 Å². The molecular weight excluding hydrogens is 349 g/mol. The van der Waals surface area contributed by atoms with Crippen LogP contribution in [0.25, 0.3) is 0 Å². The zero-order valence-corrected chi connectivity index (χ0v) is 12.4. The summed E-state index contributed by atoms with van der Waals surface area (Å²) in [5.74, 6) is -2.10. The van der Waals surface area contributed by atoms with Crippen LogP contribution in [-0.2, 0) is 16.6 Å². The van der Waals surface area contributed by atoms with Gasteiger partial charge in [0.1, 0.15) is 5.82 Å². The van der Waals surface area contributed by atoms with E-state index < -0.39 is 28.1 Å². The molecule has 1 aromatic carbocycles. The number of nitrogens with zero attached hydrogens (tertiary/aromatic N) is 1. The van der Waals surface area contributed by atoms with Gasteiger partial charge >= 0.3 is 5.97 Å². The zero-order chi connectivity index (χ0) is 14.7. The van der Waals surface area contributed by atoms with Gasteiger partial charge in [-0.05, 0) is 46.3 Å². The molecule has 0 saturated carbocycles. The Bertz CT molecular complexity index is 676. The number of pyridine rings is 1. The van der Waals surface area contributed by atoms with Crippen molar-refractivity contribution in [3.05, 3.63) is 58.1 Å². The van der Waals surface area contributed by atoms with E-state index in [2.05, 4.69) is 20.9 Å². The molecule has 1 N–H and O–H groups in total. The molecule has 1 aromatic heterocycles. The number of halogens is 2. The Morgan fingerprint density at radius 2 is 2.10 bits per heavy atom. The molecule has 2 rings (SSSR count). The Hall–Kier alpha value is -1.60. The molecule has 0 spiro atoms. The number of carbonyl (C=O) groups is 1. The van der Waals surface area contributed by atoms with Crippen molar-refractivity contribution in [2.24, 2.45) is 0 Å². The highest BCUT2D eigenvalue weighted by atomic mass is 79.9. The molecule has 0 aliphatic heterocycles. The number of rotatable bonds is 4. The molecule has 0 fully saturated rings. The van der Waals surface area contributed by atoms with Crippen molar-refractivity contribution < 1.29 is 18.5 Å². The van der Waals surface area contributed by atoms with E-state index in [0.29, 0.717) is 5.69 Å². The predicted molar refractivity (Wildman–Crippen MR) is 75.4 cm³/mol. The summed E-state index contributed by atoms with van der Waals surface area (Å²) in [4.78, 5) is 15.2. The Morgan fingerprint density at radius 3 is 2.70 bits per heavy atom. The Morgan fingerprint density at radius 1 is 1.35 bits per heavy atom. The first-order chi connectivity index (χ1) is 9.47. The maximum atomic E-state index is 13.3. The van der Waals surface area contributed by atoms with Gasteiger partial charge in [0.15, 0.2) is 0 Å². The molecule has 0 bridgehead atoms. The lowest BCUT2D eigenvalue weighted by atomic mass is 10.2. The van der Waals surface area contributed by atoms with E-state index in [1.807, 2.05) is 0 Å². The standard InChI is InChI=1S/C13H9BrFNO3S/c14-8-1-2-9(16-6-8)7-20(19)10-3-4-12(15)11(5-10)13(17)18/h1-6H,7H2,(H,17,18). The monoisotopic (exact) mass is 357 g/mol. The van der Waals surface area contributed by atoms with Crippen LogP contribution < -0.4 is 0 Å². The molecule has 1 atom stereocenters. The van der Waals surface area contributed by atoms with E-state index in [0.717, 1.165) is 16.6 Å². The number of hydrogen-bond donors (Lipinski definition) is 1. The molecule has 0 radical (unpaired) electrons. The lowest BCUT2D eigenvalue weighted by Crippen LogP contribution is -2.04. The van der Waals surface area contributed by atoms with Gasteiger partial charge in [0.2, 0.25) is 0 Å². The largest absolute Gasteiger partial charge is 0.478 e. The minimum Gasteiger partial charge on any atom is -0.478 e. The third-order valence-corrected chi connectivity index (χ3v) is 4.31. The molecule has 20 heavy (non-hydrogen) atoms. The summed E-state index contributed by atoms with van der Waals surface area (Å²) in [6.07, 6.45) is 1.58. The third kappa shape index (κ3) is 3.49. The second kappa shape index (κ2) is 6.23. The zero-order valence-electron chi connectivity index (χ0n) is 10.0. The number of aromatic carboxylic acids is 1. The van der Waals surface area contributed by atoms with Gasteiger partial charge in [0, 0.05) is 15.6 Å². The van der Waals surface area contributed by atoms with Crippen LogP contribution in [0.5, 0.6) is 0 Å². The molecule has 0 aliphatic carbocycles. The summed E-state index contributed by atoms with van der Waals surface area (Å²) in [5.41, 5.74) is 0.118. The quantitative estimate of drug-likeness (QED) is 0.913. The molecule has 0 aliphatic rings. The van der Waals surface area contributed by atoms with E-state index in [1.165, 1.54) is 6.07 Å². The van der Waals surface area contributed by atoms with Crippen LogP contribution in [0, 0.1) is 5.82 Å². The van der Waals surface area contributed by atoms with E-state index in [1.54, 1.807) is 18.3 Å². The molecular formula is C13H9BrFNO3S. The maximum Gasteiger partial charge on any atom is 0.338 e. The van der Waals surface area contributed by atoms with Gasteiger partial charge in [0.25, 0.3) is 0 Å². The molecule has 0 saturated heterocycles. The Balaban J connectivity index is 2.23. The topological polar surface area (TPSA) is 67.3 Å². The van der Waals surface area contributed by atoms with E-state index in [-0.39, 0.29) is 10.6 Å². The normalized spacial score (nSPS) is 12.1. The summed E-state index contributed by atoms with van der Waals surface area (Å²) in [5, 5.41) is 8.84. The van der Waals surface area contributed by atoms with E-state index >= 15 is 0 Å². The predicted octanol–water partition coefficient (Wildman–Crippen LogP) is 2.99. The number of benzene rings is 1. The van der Waals surface area contributed by atoms with Gasteiger partial charge < -0.3 is 5.11 Å². The van der Waals surface area contributed by atoms with Crippen LogP contribution >= 0.6 is 15.9 Å². The van der Waals surface area contributed by atoms with Gasteiger partial charge in [-0.15, -0.1) is 0 Å². The smallest absolute Gasteiger partial charge is 0.338 e. The van der Waals surface area contributed by atoms with Crippen LogP contribution in [0.4, 0.5) is 4.39 Å². The molecule has 104 valence electrons. The van der Waals surface area contributed by atoms with Crippen molar-refractivity contribution >= 4 is 32.7 Å². The first-order valence-corrected chi connectivity index (χ1v) is 7.60. The van der Waals surface area contributed by atoms with Crippen LogP contribution in [0.3, 0.4) is 0 Å². The highest BCUT2D eigenvalue weighted by Gasteiger charge is 2.14. The third-order valence-electron chi connectivity index (χ3n) is 2.50. The van der Waals surface area contributed by atoms with Crippen LogP contribution in [0.15, 0.2) is 45.9 Å². The summed E-state index contributed by atoms with van der Waals surface area (Å²) in [6.45, 7) is 0. The summed E-state index contributed by atoms with van der Waals surface area (Å²) in [7, 11) is -1.48. The minimum atomic E-state index is -1.48. The summed E-state index contributed by atoms with van der Waals surface area (Å²) < 4.78 is 26.2. The number of aromatic nitrogens is 1. The van der Waals surface area contributed by atoms with Crippen molar-refractivity contribution in [1.29, 1.82) is 0 Å². The van der Waals surface area contributed by atoms with Gasteiger partial charge in [-0.2, -0.15) is 0 Å². The molecule has 2 aromatic rings. The first kappa shape index (κ1) is 14.8. The van der Waals surface area contributed by atoms with E-state index in [9.17, 15) is 13.4 Å². The van der Waals surface area contributed by atoms with Crippen molar-refractivity contribution in [3.63, 3.8) is 0 Å². The van der Waals surface area contributed by atoms with Crippen LogP contribution in [-0.4, -0.2) is 20.3 Å². The number of hydrogen-bond acceptors (Lipinski definition) is 3. The van der Waals surface area contributed by atoms with Crippen molar-refractivity contribution in [3.8, 4) is 0 Å². The lowest BCUT2D eigenvalue weighted by molar-refractivity contribution is 0.0691. The average molecular weight is 358 g/mol. The molecule has 7 heteroatoms. The fourth-order valence-corrected chi connectivity index (χ4v) is 2.83. The average Bonchev–Trinajstić information content (AvgIpc) is 2.41. The fraction of sp³-hybridized carbons (Fsp3) is 0.0769. The molecule has 4 nitrogen and oxygen atoms in total. The first-order valence-electron chi connectivity index (χ1n) is 5.49. The molecule has 1 unspecified atom stereocenters. The van der Waals surface area contributed by atoms with Crippen molar-refractivity contribution in [2.75, 3.05) is 0 Å². The Kier molecular flexibility index (Phi) is 4.61. The molecule has 1 heterocycles. The van der Waals surface area contributed by atoms with Crippen molar-refractivity contribution in [1.82, 2.24) is 4.98 Å². The second-order valence-electron chi connectivity index (χ2n) is 3.90. The highest BCUT2D eigenvalue weighted by molar-refractivity contribution is 9.10. The number of carboxylic acids is 1. The summed E-state index contributed by atoms with van der Waals surface area (Å²) >= 11 is 3.24. The van der Waals surface area contributed by atoms with Gasteiger partial charge in [-0.1, -0.05) is 0 Å². The van der Waals surface area contributed by atoms with Gasteiger partial charge in [0.05, 0.1) is 27.8 Å². The highest BCUT2D eigenvalue weighted by Crippen LogP contribution is 2.17. The fourth-order valence-electron chi connectivity index (χ4n) is 1.52. The maximum absolute atomic E-state index is 13.3. The lowest BCUT2D eigenvalue weighted by Gasteiger charge is -2.04. The van der Waals surface area contributed by atoms with Crippen LogP contribution in [0.2, 0.25) is 0 Å². The number of carboxylic acid groups (broad SMARTS) is 1. The minimum absolute atomic E-state index is 0.137.